The van der Waals surface area contributed by atoms with Crippen molar-refractivity contribution >= 4 is 29.1 Å². The fourth-order valence-electron chi connectivity index (χ4n) is 4.48. The number of anilines is 1. The Morgan fingerprint density at radius 3 is 2.34 bits per heavy atom. The number of hydrogen-bond donors (Lipinski definition) is 1. The average molecular weight is 454 g/mol. The number of fused-ring (bicyclic) bond motifs is 3. The van der Waals surface area contributed by atoms with E-state index in [0.717, 1.165) is 39.2 Å². The van der Waals surface area contributed by atoms with E-state index in [0.29, 0.717) is 18.2 Å². The highest BCUT2D eigenvalue weighted by Crippen LogP contribution is 2.45. The molecule has 1 aromatic heterocycles. The molecule has 35 heavy (non-hydrogen) atoms. The zero-order valence-corrected chi connectivity index (χ0v) is 18.8. The van der Waals surface area contributed by atoms with Gasteiger partial charge in [-0.05, 0) is 45.1 Å². The van der Waals surface area contributed by atoms with Crippen LogP contribution in [0.15, 0.2) is 113 Å². The molecule has 1 N–H and O–H groups in total. The first-order valence-electron chi connectivity index (χ1n) is 11.4. The summed E-state index contributed by atoms with van der Waals surface area (Å²) in [6, 6.07) is 28.1. The lowest BCUT2D eigenvalue weighted by atomic mass is 9.98. The van der Waals surface area contributed by atoms with Crippen molar-refractivity contribution in [2.75, 3.05) is 5.32 Å². The summed E-state index contributed by atoms with van der Waals surface area (Å²) in [5.74, 6) is 1.13. The third-order valence-electron chi connectivity index (χ3n) is 6.17. The van der Waals surface area contributed by atoms with Gasteiger partial charge in [0.25, 0.3) is 5.84 Å². The maximum Gasteiger partial charge on any atom is 0.351 e. The van der Waals surface area contributed by atoms with Crippen molar-refractivity contribution in [2.24, 2.45) is 10.1 Å². The number of hydrogen-bond acceptors (Lipinski definition) is 5. The SMILES string of the molecule is N#C[N+]12N=C(c3ccccc3)N=C1C=Cc1cc(-c3cccnc3)cc(NCc3ccccc3)c12. The second-order valence-corrected chi connectivity index (χ2v) is 8.37. The second-order valence-electron chi connectivity index (χ2n) is 8.37. The monoisotopic (exact) mass is 453 g/mol. The van der Waals surface area contributed by atoms with Crippen molar-refractivity contribution in [3.05, 3.63) is 120 Å². The van der Waals surface area contributed by atoms with Crippen molar-refractivity contribution in [3.63, 3.8) is 0 Å². The molecule has 0 aliphatic carbocycles. The third-order valence-corrected chi connectivity index (χ3v) is 6.17. The Morgan fingerprint density at radius 2 is 1.60 bits per heavy atom. The van der Waals surface area contributed by atoms with Crippen LogP contribution in [0.4, 0.5) is 11.4 Å². The minimum atomic E-state index is -0.347. The zero-order valence-electron chi connectivity index (χ0n) is 18.8. The highest BCUT2D eigenvalue weighted by atomic mass is 15.7. The molecule has 6 nitrogen and oxygen atoms in total. The molecule has 4 aromatic rings. The molecule has 0 bridgehead atoms. The number of nitrogens with zero attached hydrogens (tertiary/aromatic N) is 5. The van der Waals surface area contributed by atoms with Gasteiger partial charge in [-0.15, -0.1) is 5.26 Å². The van der Waals surface area contributed by atoms with E-state index in [-0.39, 0.29) is 4.59 Å². The number of aromatic nitrogens is 1. The van der Waals surface area contributed by atoms with Crippen LogP contribution in [-0.2, 0) is 6.54 Å². The Morgan fingerprint density at radius 1 is 0.829 bits per heavy atom. The van der Waals surface area contributed by atoms with Gasteiger partial charge in [0, 0.05) is 41.7 Å². The summed E-state index contributed by atoms with van der Waals surface area (Å²) < 4.78 is -0.347. The predicted molar refractivity (Wildman–Crippen MR) is 140 cm³/mol. The molecule has 6 rings (SSSR count). The van der Waals surface area contributed by atoms with Gasteiger partial charge in [0.05, 0.1) is 0 Å². The molecule has 0 saturated carbocycles. The number of amidine groups is 2. The van der Waals surface area contributed by atoms with Crippen LogP contribution >= 0.6 is 0 Å². The Bertz CT molecular complexity index is 1530. The molecule has 0 saturated heterocycles. The van der Waals surface area contributed by atoms with E-state index in [1.165, 1.54) is 0 Å². The molecule has 0 radical (unpaired) electrons. The Labute approximate surface area is 203 Å². The van der Waals surface area contributed by atoms with Gasteiger partial charge in [-0.3, -0.25) is 4.98 Å². The molecule has 166 valence electrons. The van der Waals surface area contributed by atoms with Crippen molar-refractivity contribution in [1.29, 1.82) is 5.26 Å². The molecule has 3 heterocycles. The number of aliphatic imine (C=N–C) groups is 1. The molecule has 0 fully saturated rings. The fraction of sp³-hybridized carbons (Fsp3) is 0.0345. The topological polar surface area (TPSA) is 73.4 Å². The van der Waals surface area contributed by atoms with Gasteiger partial charge in [-0.1, -0.05) is 66.7 Å². The summed E-state index contributed by atoms with van der Waals surface area (Å²) in [7, 11) is 0. The Kier molecular flexibility index (Phi) is 5.03. The lowest BCUT2D eigenvalue weighted by Gasteiger charge is -2.26. The third kappa shape index (κ3) is 3.61. The zero-order chi connectivity index (χ0) is 23.7. The number of pyridine rings is 1. The molecule has 0 amide bonds. The maximum absolute atomic E-state index is 10.5. The number of nitrogens with one attached hydrogen (secondary N) is 1. The number of quaternary nitrogens is 1. The van der Waals surface area contributed by atoms with Crippen molar-refractivity contribution in [2.45, 2.75) is 6.54 Å². The van der Waals surface area contributed by atoms with Crippen LogP contribution in [0.2, 0.25) is 0 Å². The first-order valence-corrected chi connectivity index (χ1v) is 11.4. The van der Waals surface area contributed by atoms with E-state index in [2.05, 4.69) is 40.8 Å². The smallest absolute Gasteiger partial charge is 0.351 e. The lowest BCUT2D eigenvalue weighted by Crippen LogP contribution is -2.44. The number of nitriles is 1. The molecular formula is C29H21N6+. The normalized spacial score (nSPS) is 17.6. The van der Waals surface area contributed by atoms with E-state index < -0.39 is 0 Å². The first-order chi connectivity index (χ1) is 17.3. The summed E-state index contributed by atoms with van der Waals surface area (Å²) in [4.78, 5) is 9.04. The van der Waals surface area contributed by atoms with Crippen molar-refractivity contribution in [3.8, 4) is 17.3 Å². The van der Waals surface area contributed by atoms with Crippen LogP contribution in [-0.4, -0.2) is 16.7 Å². The summed E-state index contributed by atoms with van der Waals surface area (Å²) >= 11 is 0. The molecule has 1 atom stereocenters. The van der Waals surface area contributed by atoms with Gasteiger partial charge >= 0.3 is 6.19 Å². The van der Waals surface area contributed by atoms with Gasteiger partial charge in [-0.2, -0.15) is 4.99 Å². The predicted octanol–water partition coefficient (Wildman–Crippen LogP) is 5.95. The van der Waals surface area contributed by atoms with Crippen LogP contribution in [0.3, 0.4) is 0 Å². The molecule has 0 spiro atoms. The average Bonchev–Trinajstić information content (AvgIpc) is 3.33. The summed E-state index contributed by atoms with van der Waals surface area (Å²) in [5, 5.41) is 19.0. The Hall–Kier alpha value is -4.86. The molecule has 2 aliphatic heterocycles. The summed E-state index contributed by atoms with van der Waals surface area (Å²) in [6.45, 7) is 0.612. The van der Waals surface area contributed by atoms with Crippen LogP contribution < -0.4 is 9.91 Å². The van der Waals surface area contributed by atoms with Gasteiger partial charge in [0.15, 0.2) is 0 Å². The van der Waals surface area contributed by atoms with Crippen LogP contribution in [0.25, 0.3) is 17.2 Å². The fourth-order valence-corrected chi connectivity index (χ4v) is 4.48. The minimum Gasteiger partial charge on any atom is -0.376 e. The Balaban J connectivity index is 1.52. The lowest BCUT2D eigenvalue weighted by molar-refractivity contribution is 0.610. The summed E-state index contributed by atoms with van der Waals surface area (Å²) in [6.07, 6.45) is 9.96. The molecular weight excluding hydrogens is 432 g/mol. The van der Waals surface area contributed by atoms with Gasteiger partial charge in [0.2, 0.25) is 11.5 Å². The molecule has 2 aliphatic rings. The molecule has 3 aromatic carbocycles. The standard InChI is InChI=1S/C29H21N6/c30-20-35-27(33-29(34-35)22-10-5-2-6-11-22)14-13-23-16-25(24-12-7-15-31-19-24)17-26(28(23)35)32-18-21-8-3-1-4-9-21/h1-17,19,32H,18H2/q+1. The van der Waals surface area contributed by atoms with E-state index in [9.17, 15) is 5.26 Å². The molecule has 1 unspecified atom stereocenters. The molecule has 6 heteroatoms. The van der Waals surface area contributed by atoms with E-state index in [1.807, 2.05) is 79.0 Å². The highest BCUT2D eigenvalue weighted by molar-refractivity contribution is 6.21. The second kappa shape index (κ2) is 8.49. The van der Waals surface area contributed by atoms with Gasteiger partial charge < -0.3 is 5.32 Å². The largest absolute Gasteiger partial charge is 0.376 e. The van der Waals surface area contributed by atoms with Crippen LogP contribution in [0.1, 0.15) is 16.7 Å². The first kappa shape index (κ1) is 20.7. The van der Waals surface area contributed by atoms with Crippen molar-refractivity contribution < 1.29 is 0 Å². The quantitative estimate of drug-likeness (QED) is 0.300. The maximum atomic E-state index is 10.5. The summed E-state index contributed by atoms with van der Waals surface area (Å²) in [5.41, 5.74) is 6.56. The van der Waals surface area contributed by atoms with Crippen LogP contribution in [0, 0.1) is 11.5 Å². The van der Waals surface area contributed by atoms with Crippen LogP contribution in [0.5, 0.6) is 0 Å². The minimum absolute atomic E-state index is 0.347. The van der Waals surface area contributed by atoms with Gasteiger partial charge in [-0.25, -0.2) is 0 Å². The van der Waals surface area contributed by atoms with Gasteiger partial charge in [0.1, 0.15) is 5.69 Å². The number of benzene rings is 3. The van der Waals surface area contributed by atoms with E-state index in [1.54, 1.807) is 6.20 Å². The highest BCUT2D eigenvalue weighted by Gasteiger charge is 2.49. The van der Waals surface area contributed by atoms with E-state index in [4.69, 9.17) is 10.1 Å². The van der Waals surface area contributed by atoms with E-state index >= 15 is 0 Å². The van der Waals surface area contributed by atoms with Crippen molar-refractivity contribution in [1.82, 2.24) is 9.58 Å². The number of rotatable bonds is 5.